The van der Waals surface area contributed by atoms with E-state index in [0.29, 0.717) is 23.6 Å². The number of H-pyrrole nitrogens is 1. The normalized spacial score (nSPS) is 20.2. The number of aryl methyl sites for hydroxylation is 1. The fourth-order valence-electron chi connectivity index (χ4n) is 3.09. The van der Waals surface area contributed by atoms with Crippen LogP contribution < -0.4 is 11.2 Å². The molecule has 1 saturated heterocycles. The van der Waals surface area contributed by atoms with Gasteiger partial charge in [-0.1, -0.05) is 6.92 Å². The number of aromatic amines is 1. The molecule has 21 heavy (non-hydrogen) atoms. The third kappa shape index (κ3) is 2.42. The van der Waals surface area contributed by atoms with Crippen LogP contribution in [-0.2, 0) is 20.6 Å². The molecule has 1 aliphatic rings. The highest BCUT2D eigenvalue weighted by Crippen LogP contribution is 2.17. The van der Waals surface area contributed by atoms with Crippen LogP contribution in [-0.4, -0.2) is 37.1 Å². The first kappa shape index (κ1) is 14.1. The van der Waals surface area contributed by atoms with Crippen LogP contribution in [0, 0.1) is 5.92 Å². The lowest BCUT2D eigenvalue weighted by molar-refractivity contribution is 0.173. The molecule has 114 valence electrons. The van der Waals surface area contributed by atoms with Crippen molar-refractivity contribution in [3.63, 3.8) is 0 Å². The van der Waals surface area contributed by atoms with Crippen molar-refractivity contribution in [2.75, 3.05) is 13.1 Å². The Morgan fingerprint density at radius 3 is 2.76 bits per heavy atom. The van der Waals surface area contributed by atoms with Gasteiger partial charge in [0, 0.05) is 20.6 Å². The predicted molar refractivity (Wildman–Crippen MR) is 80.3 cm³/mol. The van der Waals surface area contributed by atoms with Gasteiger partial charge < -0.3 is 4.98 Å². The molecule has 2 aromatic rings. The van der Waals surface area contributed by atoms with Gasteiger partial charge in [-0.3, -0.25) is 18.8 Å². The molecule has 0 amide bonds. The van der Waals surface area contributed by atoms with Crippen molar-refractivity contribution in [2.24, 2.45) is 20.0 Å². The molecule has 0 aromatic carbocycles. The molecule has 1 aliphatic heterocycles. The van der Waals surface area contributed by atoms with Gasteiger partial charge in [0.15, 0.2) is 5.65 Å². The molecule has 7 heteroatoms. The number of rotatable bonds is 2. The van der Waals surface area contributed by atoms with E-state index in [0.717, 1.165) is 23.5 Å². The summed E-state index contributed by atoms with van der Waals surface area (Å²) in [6.45, 7) is 5.05. The van der Waals surface area contributed by atoms with Crippen molar-refractivity contribution in [3.8, 4) is 0 Å². The lowest BCUT2D eigenvalue weighted by Gasteiger charge is -2.29. The fraction of sp³-hybridized carbons (Fsp3) is 0.643. The van der Waals surface area contributed by atoms with Crippen molar-refractivity contribution in [1.29, 1.82) is 0 Å². The molecule has 2 aromatic heterocycles. The van der Waals surface area contributed by atoms with Gasteiger partial charge in [-0.05, 0) is 25.3 Å². The second-order valence-corrected chi connectivity index (χ2v) is 6.07. The lowest BCUT2D eigenvalue weighted by atomic mass is 10.0. The number of nitrogens with zero attached hydrogens (tertiary/aromatic N) is 4. The highest BCUT2D eigenvalue weighted by atomic mass is 16.2. The van der Waals surface area contributed by atoms with Gasteiger partial charge >= 0.3 is 5.69 Å². The minimum absolute atomic E-state index is 0.320. The van der Waals surface area contributed by atoms with Gasteiger partial charge in [-0.2, -0.15) is 0 Å². The first-order valence-electron chi connectivity index (χ1n) is 7.34. The minimum atomic E-state index is -0.350. The maximum absolute atomic E-state index is 12.1. The maximum Gasteiger partial charge on any atom is 0.332 e. The quantitative estimate of drug-likeness (QED) is 0.857. The van der Waals surface area contributed by atoms with E-state index in [1.54, 1.807) is 7.05 Å². The van der Waals surface area contributed by atoms with Crippen LogP contribution in [0.2, 0.25) is 0 Å². The molecule has 1 N–H and O–H groups in total. The van der Waals surface area contributed by atoms with Gasteiger partial charge in [-0.15, -0.1) is 0 Å². The van der Waals surface area contributed by atoms with E-state index in [2.05, 4.69) is 21.8 Å². The van der Waals surface area contributed by atoms with Crippen molar-refractivity contribution >= 4 is 11.2 Å². The Morgan fingerprint density at radius 1 is 1.29 bits per heavy atom. The highest BCUT2D eigenvalue weighted by Gasteiger charge is 2.19. The Hall–Kier alpha value is -1.89. The van der Waals surface area contributed by atoms with Crippen LogP contribution in [0.5, 0.6) is 0 Å². The number of imidazole rings is 1. The minimum Gasteiger partial charge on any atom is -0.335 e. The van der Waals surface area contributed by atoms with Crippen molar-refractivity contribution in [2.45, 2.75) is 26.3 Å². The van der Waals surface area contributed by atoms with E-state index < -0.39 is 0 Å². The third-order valence-corrected chi connectivity index (χ3v) is 4.26. The second-order valence-electron chi connectivity index (χ2n) is 6.07. The smallest absolute Gasteiger partial charge is 0.332 e. The molecule has 0 saturated carbocycles. The van der Waals surface area contributed by atoms with E-state index in [9.17, 15) is 9.59 Å². The molecule has 3 rings (SSSR count). The van der Waals surface area contributed by atoms with Crippen molar-refractivity contribution < 1.29 is 0 Å². The number of hydrogen-bond donors (Lipinski definition) is 1. The standard InChI is InChI=1S/C14H21N5O2/c1-9-5-4-6-19(7-9)8-10-15-11-12(16-10)17(2)14(21)18(3)13(11)20/h9H,4-8H2,1-3H3,(H,15,16)/t9-/m1/s1. The number of piperidine rings is 1. The highest BCUT2D eigenvalue weighted by molar-refractivity contribution is 5.69. The molecule has 0 radical (unpaired) electrons. The molecule has 3 heterocycles. The van der Waals surface area contributed by atoms with E-state index in [1.807, 2.05) is 0 Å². The average molecular weight is 291 g/mol. The van der Waals surface area contributed by atoms with Gasteiger partial charge in [0.05, 0.1) is 6.54 Å². The summed E-state index contributed by atoms with van der Waals surface area (Å²) in [7, 11) is 3.12. The summed E-state index contributed by atoms with van der Waals surface area (Å²) in [5.41, 5.74) is 0.166. The van der Waals surface area contributed by atoms with Gasteiger partial charge in [0.2, 0.25) is 0 Å². The Labute approximate surface area is 122 Å². The van der Waals surface area contributed by atoms with Crippen LogP contribution in [0.4, 0.5) is 0 Å². The molecule has 0 bridgehead atoms. The summed E-state index contributed by atoms with van der Waals surface area (Å²) in [6.07, 6.45) is 2.47. The van der Waals surface area contributed by atoms with E-state index in [1.165, 1.54) is 24.5 Å². The SMILES string of the molecule is C[C@@H]1CCCN(Cc2nc3c([nH]2)c(=O)n(C)c(=O)n3C)C1. The first-order chi connectivity index (χ1) is 9.97. The Kier molecular flexibility index (Phi) is 3.44. The maximum atomic E-state index is 12.1. The summed E-state index contributed by atoms with van der Waals surface area (Å²) in [6, 6.07) is 0. The average Bonchev–Trinajstić information content (AvgIpc) is 2.87. The number of likely N-dealkylation sites (tertiary alicyclic amines) is 1. The molecule has 0 unspecified atom stereocenters. The Balaban J connectivity index is 1.98. The van der Waals surface area contributed by atoms with Crippen LogP contribution in [0.25, 0.3) is 11.2 Å². The van der Waals surface area contributed by atoms with E-state index in [4.69, 9.17) is 0 Å². The van der Waals surface area contributed by atoms with Crippen molar-refractivity contribution in [1.82, 2.24) is 24.0 Å². The number of hydrogen-bond acceptors (Lipinski definition) is 4. The molecular formula is C14H21N5O2. The van der Waals surface area contributed by atoms with Crippen LogP contribution in [0.15, 0.2) is 9.59 Å². The zero-order valence-electron chi connectivity index (χ0n) is 12.7. The summed E-state index contributed by atoms with van der Waals surface area (Å²) in [5.74, 6) is 1.44. The lowest BCUT2D eigenvalue weighted by Crippen LogP contribution is -2.36. The Morgan fingerprint density at radius 2 is 2.05 bits per heavy atom. The summed E-state index contributed by atoms with van der Waals surface area (Å²) < 4.78 is 2.52. The summed E-state index contributed by atoms with van der Waals surface area (Å²) in [5, 5.41) is 0. The molecule has 1 fully saturated rings. The van der Waals surface area contributed by atoms with Crippen LogP contribution in [0.1, 0.15) is 25.6 Å². The van der Waals surface area contributed by atoms with E-state index >= 15 is 0 Å². The van der Waals surface area contributed by atoms with Crippen LogP contribution in [0.3, 0.4) is 0 Å². The molecule has 0 aliphatic carbocycles. The predicted octanol–water partition coefficient (Wildman–Crippen LogP) is 0.192. The fourth-order valence-corrected chi connectivity index (χ4v) is 3.09. The summed E-state index contributed by atoms with van der Waals surface area (Å²) in [4.78, 5) is 33.9. The molecule has 7 nitrogen and oxygen atoms in total. The monoisotopic (exact) mass is 291 g/mol. The van der Waals surface area contributed by atoms with Gasteiger partial charge in [0.1, 0.15) is 11.3 Å². The van der Waals surface area contributed by atoms with Gasteiger partial charge in [-0.25, -0.2) is 9.78 Å². The largest absolute Gasteiger partial charge is 0.335 e. The zero-order chi connectivity index (χ0) is 15.1. The summed E-state index contributed by atoms with van der Waals surface area (Å²) >= 11 is 0. The third-order valence-electron chi connectivity index (χ3n) is 4.26. The zero-order valence-corrected chi connectivity index (χ0v) is 12.7. The Bertz CT molecular complexity index is 785. The second kappa shape index (κ2) is 5.14. The number of nitrogens with one attached hydrogen (secondary N) is 1. The van der Waals surface area contributed by atoms with Crippen LogP contribution >= 0.6 is 0 Å². The first-order valence-corrected chi connectivity index (χ1v) is 7.34. The number of aromatic nitrogens is 4. The van der Waals surface area contributed by atoms with E-state index in [-0.39, 0.29) is 11.2 Å². The topological polar surface area (TPSA) is 75.9 Å². The molecule has 1 atom stereocenters. The molecule has 0 spiro atoms. The number of fused-ring (bicyclic) bond motifs is 1. The van der Waals surface area contributed by atoms with Crippen molar-refractivity contribution in [3.05, 3.63) is 26.7 Å². The van der Waals surface area contributed by atoms with Gasteiger partial charge in [0.25, 0.3) is 5.56 Å². The molecular weight excluding hydrogens is 270 g/mol.